The van der Waals surface area contributed by atoms with Gasteiger partial charge in [0.25, 0.3) is 0 Å². The number of aryl methyl sites for hydroxylation is 3. The first-order valence-corrected chi connectivity index (χ1v) is 9.14. The number of furan rings is 1. The second kappa shape index (κ2) is 7.43. The van der Waals surface area contributed by atoms with Crippen LogP contribution in [0.5, 0.6) is 0 Å². The van der Waals surface area contributed by atoms with Crippen molar-refractivity contribution in [2.24, 2.45) is 0 Å². The smallest absolute Gasteiger partial charge is 0.107 e. The third-order valence-corrected chi connectivity index (χ3v) is 5.20. The van der Waals surface area contributed by atoms with Gasteiger partial charge < -0.3 is 9.32 Å². The van der Waals surface area contributed by atoms with Crippen molar-refractivity contribution in [1.82, 2.24) is 4.90 Å². The fourth-order valence-electron chi connectivity index (χ4n) is 3.51. The van der Waals surface area contributed by atoms with E-state index < -0.39 is 0 Å². The Labute approximate surface area is 146 Å². The molecule has 0 aliphatic carbocycles. The highest BCUT2D eigenvalue weighted by molar-refractivity contribution is 5.55. The van der Waals surface area contributed by atoms with Crippen molar-refractivity contribution in [2.45, 2.75) is 40.0 Å². The average Bonchev–Trinajstić information content (AvgIpc) is 3.02. The van der Waals surface area contributed by atoms with Crippen LogP contribution in [0.3, 0.4) is 0 Å². The number of piperazine rings is 1. The molecule has 1 aliphatic rings. The zero-order chi connectivity index (χ0) is 17.1. The highest BCUT2D eigenvalue weighted by Gasteiger charge is 2.19. The van der Waals surface area contributed by atoms with Gasteiger partial charge in [0, 0.05) is 37.8 Å². The molecule has 1 aliphatic heterocycles. The van der Waals surface area contributed by atoms with Gasteiger partial charge in [-0.2, -0.15) is 0 Å². The van der Waals surface area contributed by atoms with Crippen LogP contribution in [0.4, 0.5) is 5.69 Å². The maximum Gasteiger partial charge on any atom is 0.107 e. The molecule has 0 saturated carbocycles. The molecule has 0 amide bonds. The van der Waals surface area contributed by atoms with Crippen LogP contribution in [-0.2, 0) is 0 Å². The van der Waals surface area contributed by atoms with Crippen LogP contribution in [0.25, 0.3) is 0 Å². The maximum absolute atomic E-state index is 5.76. The van der Waals surface area contributed by atoms with Crippen molar-refractivity contribution in [1.29, 1.82) is 0 Å². The number of nitrogens with zero attached hydrogens (tertiary/aromatic N) is 2. The third-order valence-electron chi connectivity index (χ3n) is 5.20. The summed E-state index contributed by atoms with van der Waals surface area (Å²) in [5.41, 5.74) is 4.14. The molecule has 0 unspecified atom stereocenters. The molecule has 2 heterocycles. The molecule has 0 spiro atoms. The summed E-state index contributed by atoms with van der Waals surface area (Å²) in [5, 5.41) is 0. The molecule has 1 aromatic heterocycles. The molecule has 3 heteroatoms. The van der Waals surface area contributed by atoms with Crippen molar-refractivity contribution < 1.29 is 4.42 Å². The first kappa shape index (κ1) is 17.1. The lowest BCUT2D eigenvalue weighted by atomic mass is 10.0. The molecule has 0 bridgehead atoms. The second-order valence-corrected chi connectivity index (χ2v) is 7.26. The van der Waals surface area contributed by atoms with E-state index in [-0.39, 0.29) is 0 Å². The maximum atomic E-state index is 5.76. The van der Waals surface area contributed by atoms with Crippen molar-refractivity contribution in [3.8, 4) is 0 Å². The summed E-state index contributed by atoms with van der Waals surface area (Å²) in [6.45, 7) is 14.4. The fraction of sp³-hybridized carbons (Fsp3) is 0.524. The van der Waals surface area contributed by atoms with E-state index in [0.717, 1.165) is 50.7 Å². The van der Waals surface area contributed by atoms with E-state index in [0.29, 0.717) is 5.92 Å². The highest BCUT2D eigenvalue weighted by atomic mass is 16.3. The molecule has 1 fully saturated rings. The Balaban J connectivity index is 1.49. The van der Waals surface area contributed by atoms with E-state index in [2.05, 4.69) is 60.9 Å². The first-order valence-electron chi connectivity index (χ1n) is 9.14. The summed E-state index contributed by atoms with van der Waals surface area (Å²) in [6.07, 6.45) is 1.16. The van der Waals surface area contributed by atoms with E-state index in [1.165, 1.54) is 16.8 Å². The molecule has 24 heavy (non-hydrogen) atoms. The molecule has 3 nitrogen and oxygen atoms in total. The molecule has 1 atom stereocenters. The largest absolute Gasteiger partial charge is 0.466 e. The lowest BCUT2D eigenvalue weighted by molar-refractivity contribution is 0.246. The van der Waals surface area contributed by atoms with Crippen LogP contribution in [0.2, 0.25) is 0 Å². The summed E-state index contributed by atoms with van der Waals surface area (Å²) < 4.78 is 5.76. The summed E-state index contributed by atoms with van der Waals surface area (Å²) in [7, 11) is 0. The molecule has 1 aromatic carbocycles. The quantitative estimate of drug-likeness (QED) is 0.805. The predicted molar refractivity (Wildman–Crippen MR) is 101 cm³/mol. The molecule has 1 saturated heterocycles. The third kappa shape index (κ3) is 4.02. The van der Waals surface area contributed by atoms with Gasteiger partial charge in [0.05, 0.1) is 0 Å². The minimum Gasteiger partial charge on any atom is -0.466 e. The Hall–Kier alpha value is -1.74. The van der Waals surface area contributed by atoms with Gasteiger partial charge in [0.2, 0.25) is 0 Å². The molecule has 130 valence electrons. The first-order chi connectivity index (χ1) is 11.5. The lowest BCUT2D eigenvalue weighted by Crippen LogP contribution is -2.47. The number of hydrogen-bond donors (Lipinski definition) is 0. The van der Waals surface area contributed by atoms with Crippen LogP contribution in [0.1, 0.15) is 41.9 Å². The van der Waals surface area contributed by atoms with Crippen molar-refractivity contribution in [3.63, 3.8) is 0 Å². The Morgan fingerprint density at radius 3 is 2.42 bits per heavy atom. The molecule has 0 N–H and O–H groups in total. The van der Waals surface area contributed by atoms with Crippen molar-refractivity contribution >= 4 is 5.69 Å². The highest BCUT2D eigenvalue weighted by Crippen LogP contribution is 2.24. The van der Waals surface area contributed by atoms with Crippen LogP contribution < -0.4 is 4.90 Å². The number of benzene rings is 1. The van der Waals surface area contributed by atoms with E-state index in [1.807, 2.05) is 6.92 Å². The monoisotopic (exact) mass is 326 g/mol. The Morgan fingerprint density at radius 1 is 1.00 bits per heavy atom. The minimum absolute atomic E-state index is 0.496. The SMILES string of the molecule is Cc1ccc(C)c(N2CCN(CC[C@H](C)c3ccc(C)o3)CC2)c1. The number of anilines is 1. The van der Waals surface area contributed by atoms with Gasteiger partial charge in [0.1, 0.15) is 11.5 Å². The van der Waals surface area contributed by atoms with Crippen molar-refractivity contribution in [2.75, 3.05) is 37.6 Å². The van der Waals surface area contributed by atoms with Crippen LogP contribution in [-0.4, -0.2) is 37.6 Å². The van der Waals surface area contributed by atoms with Gasteiger partial charge >= 0.3 is 0 Å². The van der Waals surface area contributed by atoms with E-state index >= 15 is 0 Å². The van der Waals surface area contributed by atoms with Gasteiger partial charge in [0.15, 0.2) is 0 Å². The molecule has 3 rings (SSSR count). The number of rotatable bonds is 5. The minimum atomic E-state index is 0.496. The Kier molecular flexibility index (Phi) is 5.30. The summed E-state index contributed by atoms with van der Waals surface area (Å²) >= 11 is 0. The van der Waals surface area contributed by atoms with E-state index in [9.17, 15) is 0 Å². The molecular weight excluding hydrogens is 296 g/mol. The summed E-state index contributed by atoms with van der Waals surface area (Å²) in [4.78, 5) is 5.13. The fourth-order valence-corrected chi connectivity index (χ4v) is 3.51. The average molecular weight is 326 g/mol. The van der Waals surface area contributed by atoms with Gasteiger partial charge in [-0.1, -0.05) is 19.1 Å². The Morgan fingerprint density at radius 2 is 1.75 bits per heavy atom. The molecular formula is C21H30N2O. The van der Waals surface area contributed by atoms with Gasteiger partial charge in [-0.05, 0) is 63.1 Å². The van der Waals surface area contributed by atoms with E-state index in [1.54, 1.807) is 0 Å². The molecule has 0 radical (unpaired) electrons. The standard InChI is InChI=1S/C21H30N2O/c1-16-5-6-17(2)20(15-16)23-13-11-22(12-14-23)10-9-18(3)21-8-7-19(4)24-21/h5-8,15,18H,9-14H2,1-4H3/t18-/m0/s1. The van der Waals surface area contributed by atoms with E-state index in [4.69, 9.17) is 4.42 Å². The van der Waals surface area contributed by atoms with Gasteiger partial charge in [-0.15, -0.1) is 0 Å². The van der Waals surface area contributed by atoms with Gasteiger partial charge in [-0.25, -0.2) is 0 Å². The van der Waals surface area contributed by atoms with Crippen LogP contribution in [0, 0.1) is 20.8 Å². The van der Waals surface area contributed by atoms with Crippen LogP contribution in [0.15, 0.2) is 34.7 Å². The normalized spacial score (nSPS) is 17.2. The zero-order valence-corrected chi connectivity index (χ0v) is 15.5. The summed E-state index contributed by atoms with van der Waals surface area (Å²) in [6, 6.07) is 11.0. The zero-order valence-electron chi connectivity index (χ0n) is 15.5. The van der Waals surface area contributed by atoms with Gasteiger partial charge in [-0.3, -0.25) is 4.90 Å². The Bertz CT molecular complexity index is 668. The lowest BCUT2D eigenvalue weighted by Gasteiger charge is -2.37. The number of hydrogen-bond acceptors (Lipinski definition) is 3. The van der Waals surface area contributed by atoms with Crippen LogP contribution >= 0.6 is 0 Å². The van der Waals surface area contributed by atoms with Crippen molar-refractivity contribution in [3.05, 3.63) is 53.0 Å². The topological polar surface area (TPSA) is 19.6 Å². The summed E-state index contributed by atoms with van der Waals surface area (Å²) in [5.74, 6) is 2.64. The predicted octanol–water partition coefficient (Wildman–Crippen LogP) is 4.52. The molecule has 2 aromatic rings. The second-order valence-electron chi connectivity index (χ2n) is 7.26.